The van der Waals surface area contributed by atoms with E-state index in [-0.39, 0.29) is 5.82 Å². The Bertz CT molecular complexity index is 507. The number of hydrogen-bond acceptors (Lipinski definition) is 2. The zero-order chi connectivity index (χ0) is 11.0. The first-order chi connectivity index (χ1) is 7.09. The van der Waals surface area contributed by atoms with Gasteiger partial charge in [0.2, 0.25) is 0 Å². The van der Waals surface area contributed by atoms with Gasteiger partial charge in [-0.05, 0) is 24.6 Å². The lowest BCUT2D eigenvalue weighted by molar-refractivity contribution is 0.622. The highest BCUT2D eigenvalue weighted by Crippen LogP contribution is 2.30. The fourth-order valence-corrected chi connectivity index (χ4v) is 2.00. The first-order valence-electron chi connectivity index (χ1n) is 4.34. The minimum absolute atomic E-state index is 0.272. The second-order valence-corrected chi connectivity index (χ2v) is 4.20. The number of halogens is 2. The summed E-state index contributed by atoms with van der Waals surface area (Å²) >= 11 is 3.32. The Kier molecular flexibility index (Phi) is 2.48. The van der Waals surface area contributed by atoms with Gasteiger partial charge in [-0.15, -0.1) is 0 Å². The molecule has 0 bridgehead atoms. The molecular weight excluding hydrogens is 261 g/mol. The van der Waals surface area contributed by atoms with Crippen LogP contribution in [-0.2, 0) is 0 Å². The average molecular weight is 270 g/mol. The summed E-state index contributed by atoms with van der Waals surface area (Å²) in [6.45, 7) is 1.71. The number of rotatable bonds is 1. The van der Waals surface area contributed by atoms with Gasteiger partial charge in [-0.3, -0.25) is 5.10 Å². The van der Waals surface area contributed by atoms with Crippen LogP contribution < -0.4 is 5.73 Å². The van der Waals surface area contributed by atoms with Crippen LogP contribution in [0, 0.1) is 12.7 Å². The minimum atomic E-state index is -0.272. The van der Waals surface area contributed by atoms with Crippen LogP contribution in [0.1, 0.15) is 5.56 Å². The summed E-state index contributed by atoms with van der Waals surface area (Å²) in [6.07, 6.45) is 1.51. The molecule has 1 aromatic carbocycles. The van der Waals surface area contributed by atoms with E-state index in [1.165, 1.54) is 6.20 Å². The van der Waals surface area contributed by atoms with Crippen LogP contribution in [0.2, 0.25) is 0 Å². The van der Waals surface area contributed by atoms with Gasteiger partial charge in [-0.25, -0.2) is 4.39 Å². The Morgan fingerprint density at radius 2 is 2.13 bits per heavy atom. The molecule has 0 fully saturated rings. The van der Waals surface area contributed by atoms with Gasteiger partial charge in [0.25, 0.3) is 0 Å². The lowest BCUT2D eigenvalue weighted by Gasteiger charge is -2.05. The van der Waals surface area contributed by atoms with Crippen molar-refractivity contribution in [1.29, 1.82) is 0 Å². The quantitative estimate of drug-likeness (QED) is 0.837. The fraction of sp³-hybridized carbons (Fsp3) is 0.100. The topological polar surface area (TPSA) is 54.7 Å². The average Bonchev–Trinajstić information content (AvgIpc) is 2.58. The molecule has 0 saturated carbocycles. The number of aryl methyl sites for hydroxylation is 1. The van der Waals surface area contributed by atoms with Crippen molar-refractivity contribution in [3.05, 3.63) is 34.2 Å². The summed E-state index contributed by atoms with van der Waals surface area (Å²) in [5.41, 5.74) is 7.24. The smallest absolute Gasteiger partial charge is 0.134 e. The van der Waals surface area contributed by atoms with E-state index in [9.17, 15) is 4.39 Å². The number of nitrogens with zero attached hydrogens (tertiary/aromatic N) is 1. The van der Waals surface area contributed by atoms with Crippen molar-refractivity contribution in [3.63, 3.8) is 0 Å². The van der Waals surface area contributed by atoms with Crippen molar-refractivity contribution in [2.75, 3.05) is 5.73 Å². The molecule has 0 saturated heterocycles. The van der Waals surface area contributed by atoms with Crippen LogP contribution in [-0.4, -0.2) is 10.2 Å². The van der Waals surface area contributed by atoms with Crippen molar-refractivity contribution < 1.29 is 4.39 Å². The minimum Gasteiger partial charge on any atom is -0.384 e. The molecule has 0 unspecified atom stereocenters. The summed E-state index contributed by atoms with van der Waals surface area (Å²) in [4.78, 5) is 0. The first-order valence-corrected chi connectivity index (χ1v) is 5.13. The number of aromatic amines is 1. The number of H-pyrrole nitrogens is 1. The van der Waals surface area contributed by atoms with E-state index in [2.05, 4.69) is 26.1 Å². The molecule has 0 radical (unpaired) electrons. The molecule has 15 heavy (non-hydrogen) atoms. The molecule has 0 amide bonds. The third-order valence-electron chi connectivity index (χ3n) is 2.18. The van der Waals surface area contributed by atoms with Crippen molar-refractivity contribution >= 4 is 21.7 Å². The normalized spacial score (nSPS) is 10.6. The lowest BCUT2D eigenvalue weighted by Crippen LogP contribution is -1.92. The summed E-state index contributed by atoms with van der Waals surface area (Å²) in [6, 6.07) is 3.40. The number of hydrogen-bond donors (Lipinski definition) is 2. The van der Waals surface area contributed by atoms with E-state index >= 15 is 0 Å². The van der Waals surface area contributed by atoms with Crippen molar-refractivity contribution in [1.82, 2.24) is 10.2 Å². The molecular formula is C10H9BrFN3. The number of nitrogen functional groups attached to an aromatic ring is 1. The van der Waals surface area contributed by atoms with Crippen LogP contribution in [0.3, 0.4) is 0 Å². The van der Waals surface area contributed by atoms with Crippen molar-refractivity contribution in [2.45, 2.75) is 6.92 Å². The molecule has 1 aromatic heterocycles. The maximum atomic E-state index is 13.8. The Labute approximate surface area is 94.6 Å². The molecule has 0 aliphatic carbocycles. The van der Waals surface area contributed by atoms with Crippen LogP contribution in [0.4, 0.5) is 10.2 Å². The van der Waals surface area contributed by atoms with Gasteiger partial charge in [0.05, 0.1) is 6.20 Å². The summed E-state index contributed by atoms with van der Waals surface area (Å²) in [7, 11) is 0. The molecule has 78 valence electrons. The zero-order valence-corrected chi connectivity index (χ0v) is 9.60. The fourth-order valence-electron chi connectivity index (χ4n) is 1.43. The van der Waals surface area contributed by atoms with Crippen LogP contribution >= 0.6 is 15.9 Å². The monoisotopic (exact) mass is 269 g/mol. The van der Waals surface area contributed by atoms with Gasteiger partial charge in [-0.1, -0.05) is 15.9 Å². The maximum absolute atomic E-state index is 13.8. The molecule has 2 aromatic rings. The predicted octanol–water partition coefficient (Wildman–Crippen LogP) is 2.87. The molecule has 1 heterocycles. The molecule has 3 N–H and O–H groups in total. The Morgan fingerprint density at radius 3 is 2.73 bits per heavy atom. The van der Waals surface area contributed by atoms with Gasteiger partial charge in [0, 0.05) is 15.6 Å². The first kappa shape index (κ1) is 10.2. The Hall–Kier alpha value is -1.36. The highest BCUT2D eigenvalue weighted by atomic mass is 79.9. The summed E-state index contributed by atoms with van der Waals surface area (Å²) in [5.74, 6) is 0.0951. The third-order valence-corrected chi connectivity index (χ3v) is 2.64. The van der Waals surface area contributed by atoms with Gasteiger partial charge >= 0.3 is 0 Å². The molecule has 0 aliphatic heterocycles. The van der Waals surface area contributed by atoms with E-state index in [1.54, 1.807) is 19.1 Å². The standard InChI is InChI=1S/C10H9BrFN3/c1-5-2-6(11)3-7(9(5)12)8-4-14-15-10(8)13/h2-4H,1H3,(H3,13,14,15). The third kappa shape index (κ3) is 1.74. The van der Waals surface area contributed by atoms with Gasteiger partial charge in [-0.2, -0.15) is 5.10 Å². The molecule has 0 atom stereocenters. The Morgan fingerprint density at radius 1 is 1.40 bits per heavy atom. The lowest BCUT2D eigenvalue weighted by atomic mass is 10.1. The molecule has 0 spiro atoms. The van der Waals surface area contributed by atoms with E-state index < -0.39 is 0 Å². The highest BCUT2D eigenvalue weighted by molar-refractivity contribution is 9.10. The molecule has 2 rings (SSSR count). The molecule has 0 aliphatic rings. The Balaban J connectivity index is 2.68. The number of aromatic nitrogens is 2. The second-order valence-electron chi connectivity index (χ2n) is 3.28. The highest BCUT2D eigenvalue weighted by Gasteiger charge is 2.12. The maximum Gasteiger partial charge on any atom is 0.134 e. The number of benzene rings is 1. The van der Waals surface area contributed by atoms with Gasteiger partial charge in [0.15, 0.2) is 0 Å². The number of anilines is 1. The predicted molar refractivity (Wildman–Crippen MR) is 60.8 cm³/mol. The van der Waals surface area contributed by atoms with Crippen molar-refractivity contribution in [2.24, 2.45) is 0 Å². The van der Waals surface area contributed by atoms with Crippen LogP contribution in [0.5, 0.6) is 0 Å². The van der Waals surface area contributed by atoms with Crippen LogP contribution in [0.15, 0.2) is 22.8 Å². The number of nitrogens with two attached hydrogens (primary N) is 1. The van der Waals surface area contributed by atoms with Crippen LogP contribution in [0.25, 0.3) is 11.1 Å². The van der Waals surface area contributed by atoms with Crippen molar-refractivity contribution in [3.8, 4) is 11.1 Å². The SMILES string of the molecule is Cc1cc(Br)cc(-c2cn[nH]c2N)c1F. The van der Waals surface area contributed by atoms with Gasteiger partial charge in [0.1, 0.15) is 11.6 Å². The second kappa shape index (κ2) is 3.66. The van der Waals surface area contributed by atoms with E-state index in [0.717, 1.165) is 4.47 Å². The summed E-state index contributed by atoms with van der Waals surface area (Å²) in [5, 5.41) is 6.35. The number of nitrogens with one attached hydrogen (secondary N) is 1. The van der Waals surface area contributed by atoms with E-state index in [0.29, 0.717) is 22.5 Å². The largest absolute Gasteiger partial charge is 0.384 e. The zero-order valence-electron chi connectivity index (χ0n) is 8.01. The molecule has 3 nitrogen and oxygen atoms in total. The van der Waals surface area contributed by atoms with Gasteiger partial charge < -0.3 is 5.73 Å². The molecule has 5 heteroatoms. The van der Waals surface area contributed by atoms with E-state index in [1.807, 2.05) is 0 Å². The van der Waals surface area contributed by atoms with E-state index in [4.69, 9.17) is 5.73 Å². The summed E-state index contributed by atoms with van der Waals surface area (Å²) < 4.78 is 14.6.